The lowest BCUT2D eigenvalue weighted by Gasteiger charge is -2.24. The van der Waals surface area contributed by atoms with Gasteiger partial charge in [-0.3, -0.25) is 0 Å². The molecular weight excluding hydrogens is 246 g/mol. The van der Waals surface area contributed by atoms with Gasteiger partial charge in [-0.15, -0.1) is 0 Å². The zero-order chi connectivity index (χ0) is 14.4. The monoisotopic (exact) mass is 271 g/mol. The highest BCUT2D eigenvalue weighted by Crippen LogP contribution is 2.24. The van der Waals surface area contributed by atoms with Crippen molar-refractivity contribution in [1.29, 1.82) is 0 Å². The highest BCUT2D eigenvalue weighted by molar-refractivity contribution is 5.85. The Labute approximate surface area is 122 Å². The van der Waals surface area contributed by atoms with Gasteiger partial charge in [0, 0.05) is 6.54 Å². The van der Waals surface area contributed by atoms with Crippen molar-refractivity contribution >= 4 is 10.8 Å². The van der Waals surface area contributed by atoms with Crippen molar-refractivity contribution in [1.82, 2.24) is 4.90 Å². The van der Waals surface area contributed by atoms with E-state index in [1.54, 1.807) is 0 Å². The van der Waals surface area contributed by atoms with Crippen LogP contribution in [-0.4, -0.2) is 29.6 Å². The van der Waals surface area contributed by atoms with Gasteiger partial charge in [-0.05, 0) is 35.8 Å². The van der Waals surface area contributed by atoms with Crippen LogP contribution in [0.15, 0.2) is 42.5 Å². The number of likely N-dealkylation sites (N-methyl/N-ethyl adjacent to an activating group) is 1. The molecule has 0 spiro atoms. The first-order valence-corrected chi connectivity index (χ1v) is 7.64. The van der Waals surface area contributed by atoms with Gasteiger partial charge in [-0.25, -0.2) is 0 Å². The summed E-state index contributed by atoms with van der Waals surface area (Å²) in [5.74, 6) is 0. The maximum atomic E-state index is 10.6. The maximum absolute atomic E-state index is 10.6. The molecule has 20 heavy (non-hydrogen) atoms. The van der Waals surface area contributed by atoms with Crippen molar-refractivity contribution in [3.63, 3.8) is 0 Å². The molecule has 2 aromatic rings. The fourth-order valence-electron chi connectivity index (χ4n) is 2.64. The molecule has 0 amide bonds. The van der Waals surface area contributed by atoms with Crippen LogP contribution >= 0.6 is 0 Å². The SMILES string of the molecule is CCCCN(CC)CC(O)c1cccc2ccccc12. The van der Waals surface area contributed by atoms with Crippen LogP contribution < -0.4 is 0 Å². The van der Waals surface area contributed by atoms with E-state index in [2.05, 4.69) is 36.9 Å². The summed E-state index contributed by atoms with van der Waals surface area (Å²) in [7, 11) is 0. The molecule has 0 bridgehead atoms. The molecule has 0 fully saturated rings. The standard InChI is InChI=1S/C18H25NO/c1-3-5-13-19(4-2)14-18(20)17-12-8-10-15-9-6-7-11-16(15)17/h6-12,18,20H,3-5,13-14H2,1-2H3. The molecule has 0 saturated carbocycles. The van der Waals surface area contributed by atoms with Gasteiger partial charge in [-0.1, -0.05) is 62.7 Å². The Kier molecular flexibility index (Phi) is 5.57. The third-order valence-electron chi connectivity index (χ3n) is 3.89. The summed E-state index contributed by atoms with van der Waals surface area (Å²) < 4.78 is 0. The van der Waals surface area contributed by atoms with E-state index in [0.717, 1.165) is 24.0 Å². The van der Waals surface area contributed by atoms with Crippen LogP contribution in [-0.2, 0) is 0 Å². The average Bonchev–Trinajstić information content (AvgIpc) is 2.50. The van der Waals surface area contributed by atoms with E-state index in [1.165, 1.54) is 18.2 Å². The number of hydrogen-bond donors (Lipinski definition) is 1. The van der Waals surface area contributed by atoms with Gasteiger partial charge in [-0.2, -0.15) is 0 Å². The second-order valence-electron chi connectivity index (χ2n) is 5.33. The fraction of sp³-hybridized carbons (Fsp3) is 0.444. The Morgan fingerprint density at radius 1 is 1.05 bits per heavy atom. The van der Waals surface area contributed by atoms with Crippen molar-refractivity contribution < 1.29 is 5.11 Å². The van der Waals surface area contributed by atoms with E-state index >= 15 is 0 Å². The minimum atomic E-state index is -0.419. The first-order valence-electron chi connectivity index (χ1n) is 7.64. The molecule has 2 nitrogen and oxygen atoms in total. The largest absolute Gasteiger partial charge is 0.387 e. The van der Waals surface area contributed by atoms with Crippen LogP contribution in [0.25, 0.3) is 10.8 Å². The van der Waals surface area contributed by atoms with E-state index in [4.69, 9.17) is 0 Å². The van der Waals surface area contributed by atoms with Crippen LogP contribution in [0.5, 0.6) is 0 Å². The van der Waals surface area contributed by atoms with Crippen LogP contribution in [0.4, 0.5) is 0 Å². The first kappa shape index (κ1) is 15.0. The first-order chi connectivity index (χ1) is 9.76. The average molecular weight is 271 g/mol. The molecule has 0 aromatic heterocycles. The molecule has 0 radical (unpaired) electrons. The summed E-state index contributed by atoms with van der Waals surface area (Å²) in [5.41, 5.74) is 1.04. The molecular formula is C18H25NO. The smallest absolute Gasteiger partial charge is 0.0922 e. The minimum absolute atomic E-state index is 0.419. The summed E-state index contributed by atoms with van der Waals surface area (Å²) in [4.78, 5) is 2.33. The number of rotatable bonds is 7. The summed E-state index contributed by atoms with van der Waals surface area (Å²) in [5, 5.41) is 12.9. The summed E-state index contributed by atoms with van der Waals surface area (Å²) >= 11 is 0. The van der Waals surface area contributed by atoms with Crippen LogP contribution in [0.1, 0.15) is 38.4 Å². The molecule has 0 aliphatic carbocycles. The second kappa shape index (κ2) is 7.41. The van der Waals surface area contributed by atoms with Crippen molar-refractivity contribution in [2.45, 2.75) is 32.8 Å². The van der Waals surface area contributed by atoms with E-state index in [1.807, 2.05) is 24.3 Å². The predicted molar refractivity (Wildman–Crippen MR) is 85.9 cm³/mol. The molecule has 1 N–H and O–H groups in total. The lowest BCUT2D eigenvalue weighted by atomic mass is 10.00. The number of benzene rings is 2. The number of nitrogens with zero attached hydrogens (tertiary/aromatic N) is 1. The predicted octanol–water partition coefficient (Wildman–Crippen LogP) is 4.00. The molecule has 0 saturated heterocycles. The van der Waals surface area contributed by atoms with E-state index in [0.29, 0.717) is 6.54 Å². The molecule has 108 valence electrons. The molecule has 2 aromatic carbocycles. The van der Waals surface area contributed by atoms with Crippen molar-refractivity contribution in [3.05, 3.63) is 48.0 Å². The van der Waals surface area contributed by atoms with Crippen LogP contribution in [0, 0.1) is 0 Å². The lowest BCUT2D eigenvalue weighted by molar-refractivity contribution is 0.116. The van der Waals surface area contributed by atoms with Gasteiger partial charge in [0.15, 0.2) is 0 Å². The van der Waals surface area contributed by atoms with Crippen molar-refractivity contribution in [2.75, 3.05) is 19.6 Å². The summed E-state index contributed by atoms with van der Waals surface area (Å²) in [6.45, 7) is 7.13. The third kappa shape index (κ3) is 3.59. The molecule has 1 atom stereocenters. The van der Waals surface area contributed by atoms with Crippen molar-refractivity contribution in [3.8, 4) is 0 Å². The van der Waals surface area contributed by atoms with Gasteiger partial charge in [0.1, 0.15) is 0 Å². The zero-order valence-corrected chi connectivity index (χ0v) is 12.5. The number of aliphatic hydroxyl groups excluding tert-OH is 1. The Balaban J connectivity index is 2.16. The lowest BCUT2D eigenvalue weighted by Crippen LogP contribution is -2.29. The van der Waals surface area contributed by atoms with Crippen LogP contribution in [0.3, 0.4) is 0 Å². The summed E-state index contributed by atoms with van der Waals surface area (Å²) in [6.07, 6.45) is 1.97. The number of hydrogen-bond acceptors (Lipinski definition) is 2. The Morgan fingerprint density at radius 3 is 2.55 bits per heavy atom. The molecule has 0 aliphatic heterocycles. The topological polar surface area (TPSA) is 23.5 Å². The van der Waals surface area contributed by atoms with Crippen molar-refractivity contribution in [2.24, 2.45) is 0 Å². The van der Waals surface area contributed by atoms with Gasteiger partial charge in [0.05, 0.1) is 6.10 Å². The van der Waals surface area contributed by atoms with E-state index < -0.39 is 6.10 Å². The van der Waals surface area contributed by atoms with Gasteiger partial charge in [0.2, 0.25) is 0 Å². The quantitative estimate of drug-likeness (QED) is 0.823. The van der Waals surface area contributed by atoms with Gasteiger partial charge < -0.3 is 10.0 Å². The number of fused-ring (bicyclic) bond motifs is 1. The minimum Gasteiger partial charge on any atom is -0.387 e. The Hall–Kier alpha value is -1.38. The van der Waals surface area contributed by atoms with Gasteiger partial charge in [0.25, 0.3) is 0 Å². The second-order valence-corrected chi connectivity index (χ2v) is 5.33. The number of aliphatic hydroxyl groups is 1. The van der Waals surface area contributed by atoms with Gasteiger partial charge >= 0.3 is 0 Å². The molecule has 0 heterocycles. The number of unbranched alkanes of at least 4 members (excludes halogenated alkanes) is 1. The van der Waals surface area contributed by atoms with Crippen LogP contribution in [0.2, 0.25) is 0 Å². The van der Waals surface area contributed by atoms with E-state index in [9.17, 15) is 5.11 Å². The normalized spacial score (nSPS) is 13.0. The zero-order valence-electron chi connectivity index (χ0n) is 12.5. The highest BCUT2D eigenvalue weighted by Gasteiger charge is 2.14. The summed E-state index contributed by atoms with van der Waals surface area (Å²) in [6, 6.07) is 14.4. The highest BCUT2D eigenvalue weighted by atomic mass is 16.3. The Morgan fingerprint density at radius 2 is 1.80 bits per heavy atom. The third-order valence-corrected chi connectivity index (χ3v) is 3.89. The molecule has 2 rings (SSSR count). The molecule has 0 aliphatic rings. The molecule has 2 heteroatoms. The van der Waals surface area contributed by atoms with E-state index in [-0.39, 0.29) is 0 Å². The molecule has 1 unspecified atom stereocenters. The fourth-order valence-corrected chi connectivity index (χ4v) is 2.64. The Bertz CT molecular complexity index is 532. The maximum Gasteiger partial charge on any atom is 0.0922 e.